The number of rotatable bonds is 3. The Morgan fingerprint density at radius 3 is 2.56 bits per heavy atom. The maximum Gasteiger partial charge on any atom is 0.354 e. The largest absolute Gasteiger partial charge is 0.477 e. The van der Waals surface area contributed by atoms with E-state index in [0.29, 0.717) is 33.2 Å². The molecule has 0 bridgehead atoms. The average Bonchev–Trinajstić information content (AvgIpc) is 2.68. The van der Waals surface area contributed by atoms with Crippen molar-refractivity contribution in [1.29, 1.82) is 0 Å². The molecule has 134 valence electrons. The molecule has 0 saturated carbocycles. The monoisotopic (exact) mass is 363 g/mol. The number of aromatic carboxylic acids is 1. The van der Waals surface area contributed by atoms with Gasteiger partial charge >= 0.3 is 5.97 Å². The molecule has 2 aromatic heterocycles. The number of carboxylic acids is 1. The summed E-state index contributed by atoms with van der Waals surface area (Å²) in [5.74, 6) is -1.60. The molecule has 2 heterocycles. The summed E-state index contributed by atoms with van der Waals surface area (Å²) in [7, 11) is 1.66. The van der Waals surface area contributed by atoms with Crippen molar-refractivity contribution < 1.29 is 14.3 Å². The zero-order chi connectivity index (χ0) is 19.1. The van der Waals surface area contributed by atoms with E-state index in [4.69, 9.17) is 5.11 Å². The molecule has 0 radical (unpaired) electrons. The van der Waals surface area contributed by atoms with Crippen LogP contribution in [0.5, 0.6) is 0 Å². The van der Waals surface area contributed by atoms with Gasteiger partial charge in [0.05, 0.1) is 16.6 Å². The number of pyridine rings is 2. The van der Waals surface area contributed by atoms with Crippen LogP contribution in [0.1, 0.15) is 10.5 Å². The fraction of sp³-hybridized carbons (Fsp3) is 0.0500. The number of hydrogen-bond acceptors (Lipinski definition) is 4. The van der Waals surface area contributed by atoms with Crippen LogP contribution in [0, 0.1) is 5.82 Å². The van der Waals surface area contributed by atoms with Gasteiger partial charge in [-0.2, -0.15) is 0 Å². The standard InChI is InChI=1S/C20H14FN3O3/c1-22-17-8-12(21)7-14-18(17)24-15-4-2-10(6-13(15)19(14)25)11-3-5-16(20(26)27)23-9-11/h2-9,22H,1H3,(H,24,25)(H,26,27). The molecular formula is C20H14FN3O3. The third kappa shape index (κ3) is 2.79. The van der Waals surface area contributed by atoms with Crippen molar-refractivity contribution in [2.45, 2.75) is 0 Å². The Morgan fingerprint density at radius 2 is 1.89 bits per heavy atom. The molecule has 2 aromatic carbocycles. The zero-order valence-electron chi connectivity index (χ0n) is 14.2. The molecule has 0 aliphatic carbocycles. The van der Waals surface area contributed by atoms with Gasteiger partial charge < -0.3 is 15.4 Å². The minimum absolute atomic E-state index is 0.0570. The van der Waals surface area contributed by atoms with E-state index in [1.165, 1.54) is 24.4 Å². The van der Waals surface area contributed by atoms with E-state index in [1.807, 2.05) is 6.07 Å². The van der Waals surface area contributed by atoms with Crippen molar-refractivity contribution in [1.82, 2.24) is 9.97 Å². The van der Waals surface area contributed by atoms with E-state index in [2.05, 4.69) is 15.3 Å². The highest BCUT2D eigenvalue weighted by Crippen LogP contribution is 2.26. The summed E-state index contributed by atoms with van der Waals surface area (Å²) in [5, 5.41) is 12.5. The SMILES string of the molecule is CNc1cc(F)cc2c(=O)c3cc(-c4ccc(C(=O)O)nc4)ccc3[nH]c12. The van der Waals surface area contributed by atoms with Crippen LogP contribution in [0.3, 0.4) is 0 Å². The lowest BCUT2D eigenvalue weighted by atomic mass is 10.0. The van der Waals surface area contributed by atoms with Gasteiger partial charge in [-0.05, 0) is 35.9 Å². The number of H-pyrrole nitrogens is 1. The number of fused-ring (bicyclic) bond motifs is 2. The van der Waals surface area contributed by atoms with Gasteiger partial charge in [0.25, 0.3) is 0 Å². The molecule has 6 nitrogen and oxygen atoms in total. The maximum absolute atomic E-state index is 13.9. The number of nitrogens with zero attached hydrogens (tertiary/aromatic N) is 1. The number of hydrogen-bond donors (Lipinski definition) is 3. The molecule has 4 rings (SSSR count). The van der Waals surface area contributed by atoms with E-state index in [-0.39, 0.29) is 16.5 Å². The second-order valence-corrected chi connectivity index (χ2v) is 6.08. The third-order valence-corrected chi connectivity index (χ3v) is 4.46. The molecule has 4 aromatic rings. The molecule has 0 fully saturated rings. The summed E-state index contributed by atoms with van der Waals surface area (Å²) in [6, 6.07) is 10.8. The van der Waals surface area contributed by atoms with Crippen LogP contribution >= 0.6 is 0 Å². The summed E-state index contributed by atoms with van der Waals surface area (Å²) in [6.45, 7) is 0. The van der Waals surface area contributed by atoms with Crippen LogP contribution < -0.4 is 10.7 Å². The molecular weight excluding hydrogens is 349 g/mol. The molecule has 0 aliphatic rings. The van der Waals surface area contributed by atoms with E-state index >= 15 is 0 Å². The number of halogens is 1. The fourth-order valence-corrected chi connectivity index (χ4v) is 3.11. The topological polar surface area (TPSA) is 95.1 Å². The highest BCUT2D eigenvalue weighted by molar-refractivity contribution is 5.99. The van der Waals surface area contributed by atoms with E-state index in [0.717, 1.165) is 0 Å². The fourth-order valence-electron chi connectivity index (χ4n) is 3.11. The van der Waals surface area contributed by atoms with Crippen LogP contribution in [0.25, 0.3) is 32.9 Å². The van der Waals surface area contributed by atoms with Crippen LogP contribution in [0.15, 0.2) is 53.5 Å². The molecule has 0 amide bonds. The van der Waals surface area contributed by atoms with Crippen molar-refractivity contribution in [3.63, 3.8) is 0 Å². The second-order valence-electron chi connectivity index (χ2n) is 6.08. The highest BCUT2D eigenvalue weighted by Gasteiger charge is 2.12. The number of aromatic nitrogens is 2. The number of benzene rings is 2. The Labute approximate surface area is 152 Å². The average molecular weight is 363 g/mol. The van der Waals surface area contributed by atoms with Crippen LogP contribution in [-0.2, 0) is 0 Å². The van der Waals surface area contributed by atoms with E-state index in [9.17, 15) is 14.0 Å². The first-order chi connectivity index (χ1) is 13.0. The molecule has 27 heavy (non-hydrogen) atoms. The number of nitrogens with one attached hydrogen (secondary N) is 2. The lowest BCUT2D eigenvalue weighted by Crippen LogP contribution is -2.07. The van der Waals surface area contributed by atoms with Gasteiger partial charge in [0.1, 0.15) is 11.5 Å². The first kappa shape index (κ1) is 16.7. The summed E-state index contributed by atoms with van der Waals surface area (Å²) < 4.78 is 13.9. The highest BCUT2D eigenvalue weighted by atomic mass is 19.1. The number of carboxylic acid groups (broad SMARTS) is 1. The number of aromatic amines is 1. The molecule has 0 atom stereocenters. The summed E-state index contributed by atoms with van der Waals surface area (Å²) >= 11 is 0. The van der Waals surface area contributed by atoms with Crippen LogP contribution in [-0.4, -0.2) is 28.1 Å². The predicted octanol–water partition coefficient (Wildman–Crippen LogP) is 3.62. The molecule has 0 saturated heterocycles. The summed E-state index contributed by atoms with van der Waals surface area (Å²) in [4.78, 5) is 30.9. The Balaban J connectivity index is 1.94. The van der Waals surface area contributed by atoms with E-state index in [1.54, 1.807) is 25.2 Å². The van der Waals surface area contributed by atoms with Gasteiger partial charge in [0, 0.05) is 29.7 Å². The minimum Gasteiger partial charge on any atom is -0.477 e. The molecule has 0 spiro atoms. The molecule has 3 N–H and O–H groups in total. The first-order valence-electron chi connectivity index (χ1n) is 8.14. The van der Waals surface area contributed by atoms with Crippen molar-refractivity contribution in [2.75, 3.05) is 12.4 Å². The summed E-state index contributed by atoms with van der Waals surface area (Å²) in [6.07, 6.45) is 1.44. The lowest BCUT2D eigenvalue weighted by Gasteiger charge is -2.09. The Hall–Kier alpha value is -3.74. The quantitative estimate of drug-likeness (QED) is 0.483. The Kier molecular flexibility index (Phi) is 3.84. The molecule has 0 unspecified atom stereocenters. The Bertz CT molecular complexity index is 1260. The number of carbonyl (C=O) groups is 1. The Morgan fingerprint density at radius 1 is 1.11 bits per heavy atom. The van der Waals surface area contributed by atoms with Crippen molar-refractivity contribution >= 4 is 33.5 Å². The van der Waals surface area contributed by atoms with Crippen LogP contribution in [0.4, 0.5) is 10.1 Å². The maximum atomic E-state index is 13.9. The van der Waals surface area contributed by atoms with Crippen LogP contribution in [0.2, 0.25) is 0 Å². The van der Waals surface area contributed by atoms with Gasteiger partial charge in [-0.15, -0.1) is 0 Å². The minimum atomic E-state index is -1.11. The summed E-state index contributed by atoms with van der Waals surface area (Å²) in [5.41, 5.74) is 2.70. The molecule has 0 aliphatic heterocycles. The van der Waals surface area contributed by atoms with Gasteiger partial charge in [0.2, 0.25) is 0 Å². The zero-order valence-corrected chi connectivity index (χ0v) is 14.2. The second kappa shape index (κ2) is 6.21. The normalized spacial score (nSPS) is 11.0. The smallest absolute Gasteiger partial charge is 0.354 e. The molecule has 7 heteroatoms. The van der Waals surface area contributed by atoms with Gasteiger partial charge in [-0.3, -0.25) is 4.79 Å². The van der Waals surface area contributed by atoms with Gasteiger partial charge in [-0.25, -0.2) is 14.2 Å². The predicted molar refractivity (Wildman–Crippen MR) is 102 cm³/mol. The lowest BCUT2D eigenvalue weighted by molar-refractivity contribution is 0.0690. The van der Waals surface area contributed by atoms with E-state index < -0.39 is 11.8 Å². The van der Waals surface area contributed by atoms with Crippen molar-refractivity contribution in [3.8, 4) is 11.1 Å². The first-order valence-corrected chi connectivity index (χ1v) is 8.14. The van der Waals surface area contributed by atoms with Gasteiger partial charge in [0.15, 0.2) is 5.43 Å². The third-order valence-electron chi connectivity index (χ3n) is 4.46. The van der Waals surface area contributed by atoms with Crippen molar-refractivity contribution in [3.05, 3.63) is 70.4 Å². The van der Waals surface area contributed by atoms with Crippen molar-refractivity contribution in [2.24, 2.45) is 0 Å². The number of anilines is 1. The van der Waals surface area contributed by atoms with Gasteiger partial charge in [-0.1, -0.05) is 12.1 Å².